The Labute approximate surface area is 190 Å². The van der Waals surface area contributed by atoms with Gasteiger partial charge in [0.05, 0.1) is 11.4 Å². The van der Waals surface area contributed by atoms with Crippen LogP contribution in [0.4, 0.5) is 0 Å². The van der Waals surface area contributed by atoms with Gasteiger partial charge in [0, 0.05) is 50.3 Å². The number of pyridine rings is 1. The van der Waals surface area contributed by atoms with Gasteiger partial charge in [-0.1, -0.05) is 31.7 Å². The van der Waals surface area contributed by atoms with Crippen molar-refractivity contribution in [2.24, 2.45) is 0 Å². The number of nitrogens with one attached hydrogen (secondary N) is 4. The fraction of sp³-hybridized carbons (Fsp3) is 0.762. The van der Waals surface area contributed by atoms with Crippen LogP contribution in [0.2, 0.25) is 0 Å². The summed E-state index contributed by atoms with van der Waals surface area (Å²) in [4.78, 5) is 4.89. The number of aromatic nitrogens is 1. The third-order valence-corrected chi connectivity index (χ3v) is 6.43. The van der Waals surface area contributed by atoms with Crippen LogP contribution in [-0.2, 0) is 26.2 Å². The fourth-order valence-electron chi connectivity index (χ4n) is 4.95. The average Bonchev–Trinajstić information content (AvgIpc) is 2.76. The summed E-state index contributed by atoms with van der Waals surface area (Å²) < 4.78 is 0. The smallest absolute Gasteiger partial charge is 0.0545 e. The largest absolute Gasteiger partial charge is 0.311 e. The van der Waals surface area contributed by atoms with E-state index in [1.54, 1.807) is 0 Å². The van der Waals surface area contributed by atoms with E-state index in [4.69, 9.17) is 25.2 Å². The summed E-state index contributed by atoms with van der Waals surface area (Å²) in [5.41, 5.74) is 2.34. The van der Waals surface area contributed by atoms with Crippen molar-refractivity contribution in [2.75, 3.05) is 13.1 Å². The molecule has 4 unspecified atom stereocenters. The summed E-state index contributed by atoms with van der Waals surface area (Å²) in [7, 11) is 9.59. The van der Waals surface area contributed by atoms with Gasteiger partial charge >= 0.3 is 33.3 Å². The van der Waals surface area contributed by atoms with Gasteiger partial charge in [0.2, 0.25) is 0 Å². The second-order valence-corrected chi connectivity index (χ2v) is 10.3. The Morgan fingerprint density at radius 1 is 0.690 bits per heavy atom. The normalized spacial score (nSPS) is 31.1. The molecule has 0 spiro atoms. The number of nitrogens with zero attached hydrogens (tertiary/aromatic N) is 1. The number of halogens is 2. The van der Waals surface area contributed by atoms with Crippen LogP contribution in [0.25, 0.3) is 0 Å². The molecular formula is C21H35Cl2MnN5. The van der Waals surface area contributed by atoms with Gasteiger partial charge in [-0.15, -0.1) is 0 Å². The topological polar surface area (TPSA) is 61.0 Å². The van der Waals surface area contributed by atoms with Crippen molar-refractivity contribution in [3.63, 3.8) is 0 Å². The van der Waals surface area contributed by atoms with Crippen molar-refractivity contribution in [1.29, 1.82) is 0 Å². The molecule has 1 aromatic rings. The molecule has 2 aliphatic carbocycles. The summed E-state index contributed by atoms with van der Waals surface area (Å²) in [5, 5.41) is 15.2. The van der Waals surface area contributed by atoms with Crippen LogP contribution in [0.5, 0.6) is 0 Å². The molecule has 0 aromatic carbocycles. The van der Waals surface area contributed by atoms with Gasteiger partial charge in [0.25, 0.3) is 0 Å². The molecule has 0 radical (unpaired) electrons. The van der Waals surface area contributed by atoms with Crippen LogP contribution in [0.15, 0.2) is 18.2 Å². The molecule has 4 N–H and O–H groups in total. The molecule has 4 rings (SSSR count). The number of hydrogen-bond donors (Lipinski definition) is 4. The average molecular weight is 483 g/mol. The van der Waals surface area contributed by atoms with E-state index in [0.29, 0.717) is 24.2 Å². The maximum atomic E-state index is 4.89. The predicted molar refractivity (Wildman–Crippen MR) is 118 cm³/mol. The Bertz CT molecular complexity index is 549. The third-order valence-electron chi connectivity index (χ3n) is 6.43. The van der Waals surface area contributed by atoms with Crippen LogP contribution in [0.3, 0.4) is 0 Å². The van der Waals surface area contributed by atoms with Crippen LogP contribution >= 0.6 is 20.2 Å². The van der Waals surface area contributed by atoms with Crippen molar-refractivity contribution in [3.05, 3.63) is 29.6 Å². The van der Waals surface area contributed by atoms with Gasteiger partial charge in [-0.25, -0.2) is 0 Å². The van der Waals surface area contributed by atoms with Gasteiger partial charge in [-0.2, -0.15) is 0 Å². The first-order chi connectivity index (χ1) is 14.3. The minimum Gasteiger partial charge on any atom is -0.311 e. The summed E-state index contributed by atoms with van der Waals surface area (Å²) in [5.74, 6) is 0. The van der Waals surface area contributed by atoms with Crippen LogP contribution in [-0.4, -0.2) is 42.2 Å². The Morgan fingerprint density at radius 3 is 1.48 bits per heavy atom. The zero-order valence-electron chi connectivity index (χ0n) is 17.1. The third kappa shape index (κ3) is 7.93. The standard InChI is InChI=1S/C21H35N5.2ClH.Mn/c1-3-10-20-18(8-1)22-12-13-23-19-9-2-4-11-21(19)25-15-17-7-5-6-16(26-17)14-24-20;;;/h5-7,18-25H,1-4,8-15H2;2*1H;/q;;;+2/p-2. The minimum absolute atomic E-state index is 0.00694. The van der Waals surface area contributed by atoms with Gasteiger partial charge in [0.1, 0.15) is 0 Å². The first-order valence-corrected chi connectivity index (χ1v) is 14.3. The molecule has 1 aromatic heterocycles. The van der Waals surface area contributed by atoms with Crippen molar-refractivity contribution in [1.82, 2.24) is 26.3 Å². The monoisotopic (exact) mass is 482 g/mol. The molecule has 4 atom stereocenters. The van der Waals surface area contributed by atoms with Gasteiger partial charge in [0.15, 0.2) is 0 Å². The Morgan fingerprint density at radius 2 is 1.07 bits per heavy atom. The predicted octanol–water partition coefficient (Wildman–Crippen LogP) is 3.45. The molecule has 1 aliphatic heterocycles. The first-order valence-electron chi connectivity index (χ1n) is 11.1. The molecule has 2 heterocycles. The van der Waals surface area contributed by atoms with Crippen molar-refractivity contribution in [3.8, 4) is 0 Å². The van der Waals surface area contributed by atoms with Gasteiger partial charge < -0.3 is 21.3 Å². The first kappa shape index (κ1) is 23.7. The maximum Gasteiger partial charge on any atom is 0.0545 e. The molecule has 3 aliphatic rings. The molecule has 8 heteroatoms. The Balaban J connectivity index is 0.000000755. The van der Waals surface area contributed by atoms with E-state index in [9.17, 15) is 0 Å². The van der Waals surface area contributed by atoms with Crippen LogP contribution in [0.1, 0.15) is 62.8 Å². The molecule has 2 fully saturated rings. The molecule has 2 bridgehead atoms. The zero-order valence-corrected chi connectivity index (χ0v) is 19.8. The van der Waals surface area contributed by atoms with E-state index in [2.05, 4.69) is 39.5 Å². The second-order valence-electron chi connectivity index (χ2n) is 8.34. The Hall–Kier alpha value is 0.0895. The molecule has 0 amide bonds. The second kappa shape index (κ2) is 13.5. The van der Waals surface area contributed by atoms with E-state index >= 15 is 0 Å². The van der Waals surface area contributed by atoms with E-state index in [1.807, 2.05) is 0 Å². The quantitative estimate of drug-likeness (QED) is 0.426. The maximum absolute atomic E-state index is 4.89. The Kier molecular flexibility index (Phi) is 11.0. The number of fused-ring (bicyclic) bond motifs is 4. The molecule has 2 saturated carbocycles. The van der Waals surface area contributed by atoms with E-state index in [0.717, 1.165) is 26.2 Å². The summed E-state index contributed by atoms with van der Waals surface area (Å²) >= 11 is 0.00694. The summed E-state index contributed by atoms with van der Waals surface area (Å²) in [6.07, 6.45) is 10.5. The SMILES string of the molecule is [Cl][Mn][Cl].c1cc2nc(c1)CNC1CCCCC1NCCNC1CCCCC1NC2. The molecular weight excluding hydrogens is 448 g/mol. The fourth-order valence-corrected chi connectivity index (χ4v) is 4.95. The van der Waals surface area contributed by atoms with Gasteiger partial charge in [-0.05, 0) is 37.8 Å². The zero-order chi connectivity index (χ0) is 20.3. The molecule has 165 valence electrons. The van der Waals surface area contributed by atoms with Crippen molar-refractivity contribution >= 4 is 20.2 Å². The van der Waals surface area contributed by atoms with Gasteiger partial charge in [-0.3, -0.25) is 4.98 Å². The van der Waals surface area contributed by atoms with E-state index in [1.165, 1.54) is 62.8 Å². The summed E-state index contributed by atoms with van der Waals surface area (Å²) in [6, 6.07) is 8.81. The van der Waals surface area contributed by atoms with E-state index < -0.39 is 0 Å². The molecule has 5 nitrogen and oxygen atoms in total. The summed E-state index contributed by atoms with van der Waals surface area (Å²) in [6.45, 7) is 3.89. The van der Waals surface area contributed by atoms with Crippen LogP contribution in [0, 0.1) is 0 Å². The number of rotatable bonds is 0. The van der Waals surface area contributed by atoms with Crippen molar-refractivity contribution in [2.45, 2.75) is 88.6 Å². The van der Waals surface area contributed by atoms with E-state index in [-0.39, 0.29) is 13.1 Å². The molecule has 29 heavy (non-hydrogen) atoms. The molecule has 0 saturated heterocycles. The van der Waals surface area contributed by atoms with Crippen LogP contribution < -0.4 is 21.3 Å². The minimum atomic E-state index is 0.00694. The number of hydrogen-bond acceptors (Lipinski definition) is 5. The van der Waals surface area contributed by atoms with Crippen molar-refractivity contribution < 1.29 is 13.1 Å².